The van der Waals surface area contributed by atoms with Crippen LogP contribution in [0.4, 0.5) is 0 Å². The maximum Gasteiger partial charge on any atom is 0.303 e. The lowest BCUT2D eigenvalue weighted by Gasteiger charge is -2.04. The van der Waals surface area contributed by atoms with Crippen LogP contribution in [0.3, 0.4) is 0 Å². The van der Waals surface area contributed by atoms with Gasteiger partial charge in [-0.15, -0.1) is 0 Å². The average molecular weight is 382 g/mol. The van der Waals surface area contributed by atoms with Gasteiger partial charge in [-0.3, -0.25) is 4.79 Å². The molecule has 4 aromatic rings. The van der Waals surface area contributed by atoms with Gasteiger partial charge in [0.05, 0.1) is 10.5 Å². The van der Waals surface area contributed by atoms with Crippen LogP contribution in [0.5, 0.6) is 0 Å². The molecule has 4 rings (SSSR count). The quantitative estimate of drug-likeness (QED) is 0.514. The van der Waals surface area contributed by atoms with Crippen LogP contribution in [-0.4, -0.2) is 26.2 Å². The summed E-state index contributed by atoms with van der Waals surface area (Å²) >= 11 is 6.31. The van der Waals surface area contributed by atoms with Crippen molar-refractivity contribution in [3.63, 3.8) is 0 Å². The van der Waals surface area contributed by atoms with E-state index in [0.717, 1.165) is 33.2 Å². The number of carbonyl (C=O) groups is 1. The monoisotopic (exact) mass is 381 g/mol. The second kappa shape index (κ2) is 6.89. The van der Waals surface area contributed by atoms with Crippen molar-refractivity contribution in [2.24, 2.45) is 0 Å². The molecule has 0 aliphatic heterocycles. The molecule has 0 unspecified atom stereocenters. The van der Waals surface area contributed by atoms with Crippen LogP contribution in [0.15, 0.2) is 47.1 Å². The number of nitrogens with one attached hydrogen (secondary N) is 1. The Hall–Kier alpha value is -3.12. The number of benzene rings is 2. The standard InChI is InChI=1S/C20H16ClN3O3/c1-11-8-12(3-5-17(25)26)2-4-15(11)19-23-20(27-24-19)14-9-13-6-7-22-18(13)16(21)10-14/h2,4,6-10,22H,3,5H2,1H3,(H,25,26). The first kappa shape index (κ1) is 17.3. The van der Waals surface area contributed by atoms with Gasteiger partial charge in [-0.2, -0.15) is 4.98 Å². The third-order valence-electron chi connectivity index (χ3n) is 4.44. The summed E-state index contributed by atoms with van der Waals surface area (Å²) in [5.41, 5.74) is 4.39. The molecule has 2 N–H and O–H groups in total. The molecule has 0 radical (unpaired) electrons. The van der Waals surface area contributed by atoms with E-state index in [4.69, 9.17) is 21.2 Å². The summed E-state index contributed by atoms with van der Waals surface area (Å²) in [4.78, 5) is 18.3. The fourth-order valence-corrected chi connectivity index (χ4v) is 3.36. The topological polar surface area (TPSA) is 92.0 Å². The Labute approximate surface area is 159 Å². The summed E-state index contributed by atoms with van der Waals surface area (Å²) in [6.45, 7) is 1.94. The van der Waals surface area contributed by atoms with Crippen LogP contribution in [-0.2, 0) is 11.2 Å². The molecule has 0 aliphatic carbocycles. The van der Waals surface area contributed by atoms with Gasteiger partial charge in [0, 0.05) is 29.1 Å². The molecule has 2 aromatic carbocycles. The maximum atomic E-state index is 10.7. The van der Waals surface area contributed by atoms with E-state index in [1.807, 2.05) is 43.5 Å². The Morgan fingerprint density at radius 1 is 1.26 bits per heavy atom. The zero-order valence-corrected chi connectivity index (χ0v) is 15.2. The Bertz CT molecular complexity index is 1150. The number of fused-ring (bicyclic) bond motifs is 1. The van der Waals surface area contributed by atoms with Gasteiger partial charge in [-0.1, -0.05) is 35.0 Å². The number of H-pyrrole nitrogens is 1. The van der Waals surface area contributed by atoms with Crippen molar-refractivity contribution in [3.05, 3.63) is 58.7 Å². The number of carboxylic acids is 1. The van der Waals surface area contributed by atoms with E-state index < -0.39 is 5.97 Å². The second-order valence-electron chi connectivity index (χ2n) is 6.37. The first-order valence-electron chi connectivity index (χ1n) is 8.43. The Kier molecular flexibility index (Phi) is 4.41. The highest BCUT2D eigenvalue weighted by molar-refractivity contribution is 6.35. The zero-order chi connectivity index (χ0) is 19.0. The highest BCUT2D eigenvalue weighted by Gasteiger charge is 2.15. The fraction of sp³-hybridized carbons (Fsp3) is 0.150. The fourth-order valence-electron chi connectivity index (χ4n) is 3.08. The number of aromatic nitrogens is 3. The number of aryl methyl sites for hydroxylation is 2. The second-order valence-corrected chi connectivity index (χ2v) is 6.77. The lowest BCUT2D eigenvalue weighted by Crippen LogP contribution is -1.98. The van der Waals surface area contributed by atoms with Crippen LogP contribution in [0, 0.1) is 6.92 Å². The van der Waals surface area contributed by atoms with Gasteiger partial charge >= 0.3 is 5.97 Å². The van der Waals surface area contributed by atoms with Crippen LogP contribution in [0.1, 0.15) is 17.5 Å². The SMILES string of the molecule is Cc1cc(CCC(=O)O)ccc1-c1noc(-c2cc(Cl)c3[nH]ccc3c2)n1. The van der Waals surface area contributed by atoms with Crippen LogP contribution < -0.4 is 0 Å². The first-order valence-corrected chi connectivity index (χ1v) is 8.81. The molecule has 6 nitrogen and oxygen atoms in total. The molecular weight excluding hydrogens is 366 g/mol. The zero-order valence-electron chi connectivity index (χ0n) is 14.5. The molecule has 0 aliphatic rings. The van der Waals surface area contributed by atoms with Crippen molar-refractivity contribution in [3.8, 4) is 22.8 Å². The molecule has 0 saturated heterocycles. The number of carboxylic acid groups (broad SMARTS) is 1. The number of halogens is 1. The Balaban J connectivity index is 1.64. The molecule has 2 heterocycles. The van der Waals surface area contributed by atoms with Gasteiger partial charge in [0.2, 0.25) is 5.82 Å². The van der Waals surface area contributed by atoms with Gasteiger partial charge in [0.15, 0.2) is 0 Å². The van der Waals surface area contributed by atoms with Crippen LogP contribution in [0.25, 0.3) is 33.7 Å². The number of nitrogens with zero attached hydrogens (tertiary/aromatic N) is 2. The highest BCUT2D eigenvalue weighted by Crippen LogP contribution is 2.31. The third kappa shape index (κ3) is 3.44. The normalized spacial score (nSPS) is 11.2. The van der Waals surface area contributed by atoms with Crippen molar-refractivity contribution >= 4 is 28.5 Å². The number of hydrogen-bond acceptors (Lipinski definition) is 4. The lowest BCUT2D eigenvalue weighted by atomic mass is 10.0. The molecule has 0 fully saturated rings. The van der Waals surface area contributed by atoms with E-state index in [9.17, 15) is 4.79 Å². The van der Waals surface area contributed by atoms with E-state index in [1.54, 1.807) is 6.07 Å². The minimum absolute atomic E-state index is 0.105. The van der Waals surface area contributed by atoms with Crippen molar-refractivity contribution in [1.82, 2.24) is 15.1 Å². The molecular formula is C20H16ClN3O3. The molecule has 7 heteroatoms. The molecule has 0 amide bonds. The predicted octanol–water partition coefficient (Wildman–Crippen LogP) is 4.86. The number of aliphatic carboxylic acids is 1. The average Bonchev–Trinajstić information content (AvgIpc) is 3.29. The molecule has 0 saturated carbocycles. The summed E-state index contributed by atoms with van der Waals surface area (Å²) in [5, 5.41) is 14.5. The van der Waals surface area contributed by atoms with E-state index >= 15 is 0 Å². The minimum atomic E-state index is -0.808. The lowest BCUT2D eigenvalue weighted by molar-refractivity contribution is -0.136. The van der Waals surface area contributed by atoms with E-state index in [1.165, 1.54) is 0 Å². The van der Waals surface area contributed by atoms with Crippen molar-refractivity contribution in [1.29, 1.82) is 0 Å². The van der Waals surface area contributed by atoms with Crippen molar-refractivity contribution < 1.29 is 14.4 Å². The largest absolute Gasteiger partial charge is 0.481 e. The number of aromatic amines is 1. The maximum absolute atomic E-state index is 10.7. The van der Waals surface area contributed by atoms with Crippen molar-refractivity contribution in [2.45, 2.75) is 19.8 Å². The van der Waals surface area contributed by atoms with E-state index in [0.29, 0.717) is 23.2 Å². The Morgan fingerprint density at radius 3 is 2.89 bits per heavy atom. The summed E-state index contributed by atoms with van der Waals surface area (Å²) in [6, 6.07) is 11.4. The van der Waals surface area contributed by atoms with Crippen LogP contribution >= 0.6 is 11.6 Å². The van der Waals surface area contributed by atoms with Gasteiger partial charge in [-0.05, 0) is 42.7 Å². The summed E-state index contributed by atoms with van der Waals surface area (Å²) in [5.74, 6) is 0.0690. The van der Waals surface area contributed by atoms with Gasteiger partial charge in [0.1, 0.15) is 0 Å². The minimum Gasteiger partial charge on any atom is -0.481 e. The van der Waals surface area contributed by atoms with Crippen LogP contribution in [0.2, 0.25) is 5.02 Å². The number of rotatable bonds is 5. The molecule has 0 bridgehead atoms. The van der Waals surface area contributed by atoms with Gasteiger partial charge < -0.3 is 14.6 Å². The van der Waals surface area contributed by atoms with Crippen molar-refractivity contribution in [2.75, 3.05) is 0 Å². The number of hydrogen-bond donors (Lipinski definition) is 2. The summed E-state index contributed by atoms with van der Waals surface area (Å²) in [7, 11) is 0. The first-order chi connectivity index (χ1) is 13.0. The predicted molar refractivity (Wildman–Crippen MR) is 103 cm³/mol. The van der Waals surface area contributed by atoms with E-state index in [-0.39, 0.29) is 6.42 Å². The Morgan fingerprint density at radius 2 is 2.11 bits per heavy atom. The van der Waals surface area contributed by atoms with E-state index in [2.05, 4.69) is 15.1 Å². The van der Waals surface area contributed by atoms with Gasteiger partial charge in [0.25, 0.3) is 5.89 Å². The molecule has 0 spiro atoms. The third-order valence-corrected chi connectivity index (χ3v) is 4.74. The molecule has 0 atom stereocenters. The molecule has 27 heavy (non-hydrogen) atoms. The molecule has 136 valence electrons. The smallest absolute Gasteiger partial charge is 0.303 e. The summed E-state index contributed by atoms with van der Waals surface area (Å²) < 4.78 is 5.44. The highest BCUT2D eigenvalue weighted by atomic mass is 35.5. The van der Waals surface area contributed by atoms with Gasteiger partial charge in [-0.25, -0.2) is 0 Å². The molecule has 2 aromatic heterocycles. The summed E-state index contributed by atoms with van der Waals surface area (Å²) in [6.07, 6.45) is 2.42.